The zero-order chi connectivity index (χ0) is 11.4. The zero-order valence-corrected chi connectivity index (χ0v) is 9.82. The number of carbonyl (C=O) groups is 2. The summed E-state index contributed by atoms with van der Waals surface area (Å²) in [7, 11) is 0. The van der Waals surface area contributed by atoms with E-state index in [1.165, 1.54) is 0 Å². The number of hydrogen-bond donors (Lipinski definition) is 1. The quantitative estimate of drug-likeness (QED) is 0.856. The largest absolute Gasteiger partial charge is 0.478 e. The Morgan fingerprint density at radius 2 is 2.27 bits per heavy atom. The van der Waals surface area contributed by atoms with Gasteiger partial charge in [-0.3, -0.25) is 0 Å². The predicted octanol–water partition coefficient (Wildman–Crippen LogP) is 2.52. The fourth-order valence-electron chi connectivity index (χ4n) is 1.32. The molecule has 1 unspecified atom stereocenters. The highest BCUT2D eigenvalue weighted by atomic mass is 79.9. The van der Waals surface area contributed by atoms with Crippen molar-refractivity contribution in [2.24, 2.45) is 5.92 Å². The van der Waals surface area contributed by atoms with Crippen LogP contribution in [0.25, 0.3) is 0 Å². The molecule has 0 fully saturated rings. The lowest BCUT2D eigenvalue weighted by atomic mass is 9.98. The van der Waals surface area contributed by atoms with Crippen LogP contribution in [0.3, 0.4) is 0 Å². The van der Waals surface area contributed by atoms with Gasteiger partial charge in [0.05, 0.1) is 5.56 Å². The van der Waals surface area contributed by atoms with Crippen LogP contribution in [0.1, 0.15) is 22.8 Å². The molecule has 0 bridgehead atoms. The number of carboxylic acids is 1. The van der Waals surface area contributed by atoms with Gasteiger partial charge in [0.15, 0.2) is 0 Å². The van der Waals surface area contributed by atoms with Crippen molar-refractivity contribution in [2.45, 2.75) is 13.3 Å². The summed E-state index contributed by atoms with van der Waals surface area (Å²) in [6.07, 6.45) is 1.28. The van der Waals surface area contributed by atoms with Crippen molar-refractivity contribution in [3.8, 4) is 0 Å². The highest BCUT2D eigenvalue weighted by Gasteiger charge is 2.12. The smallest absolute Gasteiger partial charge is 0.336 e. The van der Waals surface area contributed by atoms with E-state index in [9.17, 15) is 9.59 Å². The van der Waals surface area contributed by atoms with Crippen LogP contribution in [0.5, 0.6) is 0 Å². The second-order valence-corrected chi connectivity index (χ2v) is 4.34. The van der Waals surface area contributed by atoms with Gasteiger partial charge in [0.25, 0.3) is 0 Å². The number of carboxylic acid groups (broad SMARTS) is 1. The minimum absolute atomic E-state index is 0.163. The Morgan fingerprint density at radius 3 is 2.80 bits per heavy atom. The van der Waals surface area contributed by atoms with Crippen LogP contribution >= 0.6 is 15.9 Å². The Balaban J connectivity index is 3.05. The molecule has 0 aliphatic heterocycles. The lowest BCUT2D eigenvalue weighted by molar-refractivity contribution is -0.110. The highest BCUT2D eigenvalue weighted by molar-refractivity contribution is 9.10. The predicted molar refractivity (Wildman–Crippen MR) is 60.0 cm³/mol. The van der Waals surface area contributed by atoms with Crippen LogP contribution in [-0.4, -0.2) is 17.4 Å². The number of aromatic carboxylic acids is 1. The number of carbonyl (C=O) groups excluding carboxylic acids is 1. The molecular formula is C11H11BrO3. The van der Waals surface area contributed by atoms with Crippen molar-refractivity contribution >= 4 is 28.2 Å². The summed E-state index contributed by atoms with van der Waals surface area (Å²) in [4.78, 5) is 21.4. The van der Waals surface area contributed by atoms with Gasteiger partial charge < -0.3 is 9.90 Å². The standard InChI is InChI=1S/C11H11BrO3/c1-7(6-13)4-8-2-3-9(12)5-10(8)11(14)15/h2-3,5-7H,4H2,1H3,(H,14,15). The van der Waals surface area contributed by atoms with E-state index >= 15 is 0 Å². The van der Waals surface area contributed by atoms with Crippen molar-refractivity contribution < 1.29 is 14.7 Å². The van der Waals surface area contributed by atoms with Gasteiger partial charge in [-0.15, -0.1) is 0 Å². The van der Waals surface area contributed by atoms with Crippen molar-refractivity contribution in [2.75, 3.05) is 0 Å². The highest BCUT2D eigenvalue weighted by Crippen LogP contribution is 2.19. The molecule has 3 nitrogen and oxygen atoms in total. The van der Waals surface area contributed by atoms with E-state index in [2.05, 4.69) is 15.9 Å². The summed E-state index contributed by atoms with van der Waals surface area (Å²) in [6.45, 7) is 1.76. The second-order valence-electron chi connectivity index (χ2n) is 3.42. The first-order valence-electron chi connectivity index (χ1n) is 4.51. The molecule has 1 aromatic carbocycles. The summed E-state index contributed by atoms with van der Waals surface area (Å²) in [5.41, 5.74) is 0.934. The molecule has 80 valence electrons. The molecule has 0 radical (unpaired) electrons. The van der Waals surface area contributed by atoms with Crippen LogP contribution in [0.2, 0.25) is 0 Å². The van der Waals surface area contributed by atoms with E-state index < -0.39 is 5.97 Å². The first kappa shape index (κ1) is 11.9. The first-order chi connectivity index (χ1) is 7.04. The molecule has 0 saturated heterocycles. The minimum Gasteiger partial charge on any atom is -0.478 e. The third-order valence-electron chi connectivity index (χ3n) is 2.08. The fourth-order valence-corrected chi connectivity index (χ4v) is 1.68. The topological polar surface area (TPSA) is 54.4 Å². The lowest BCUT2D eigenvalue weighted by Crippen LogP contribution is -2.07. The van der Waals surface area contributed by atoms with Crippen LogP contribution < -0.4 is 0 Å². The van der Waals surface area contributed by atoms with E-state index in [1.54, 1.807) is 25.1 Å². The summed E-state index contributed by atoms with van der Waals surface area (Å²) in [6, 6.07) is 5.06. The normalized spacial score (nSPS) is 12.1. The SMILES string of the molecule is CC(C=O)Cc1ccc(Br)cc1C(=O)O. The van der Waals surface area contributed by atoms with E-state index in [1.807, 2.05) is 0 Å². The van der Waals surface area contributed by atoms with Crippen LogP contribution in [0.15, 0.2) is 22.7 Å². The van der Waals surface area contributed by atoms with Gasteiger partial charge in [0.1, 0.15) is 6.29 Å². The molecule has 1 rings (SSSR count). The first-order valence-corrected chi connectivity index (χ1v) is 5.31. The maximum absolute atomic E-state index is 10.9. The Bertz CT molecular complexity index is 387. The third-order valence-corrected chi connectivity index (χ3v) is 2.57. The molecule has 4 heteroatoms. The molecule has 0 amide bonds. The van der Waals surface area contributed by atoms with Gasteiger partial charge in [0.2, 0.25) is 0 Å². The van der Waals surface area contributed by atoms with Crippen molar-refractivity contribution in [1.29, 1.82) is 0 Å². The Labute approximate surface area is 96.2 Å². The maximum atomic E-state index is 10.9. The van der Waals surface area contributed by atoms with Gasteiger partial charge in [-0.1, -0.05) is 28.9 Å². The number of halogens is 1. The average molecular weight is 271 g/mol. The molecule has 1 atom stereocenters. The molecular weight excluding hydrogens is 260 g/mol. The second kappa shape index (κ2) is 5.07. The van der Waals surface area contributed by atoms with Crippen molar-refractivity contribution in [3.05, 3.63) is 33.8 Å². The average Bonchev–Trinajstić information content (AvgIpc) is 2.20. The van der Waals surface area contributed by atoms with E-state index in [-0.39, 0.29) is 11.5 Å². The fraction of sp³-hybridized carbons (Fsp3) is 0.273. The summed E-state index contributed by atoms with van der Waals surface area (Å²) < 4.78 is 0.724. The number of aldehydes is 1. The molecule has 0 aliphatic rings. The van der Waals surface area contributed by atoms with E-state index in [4.69, 9.17) is 5.11 Å². The van der Waals surface area contributed by atoms with Gasteiger partial charge in [-0.25, -0.2) is 4.79 Å². The lowest BCUT2D eigenvalue weighted by Gasteiger charge is -2.08. The molecule has 0 aliphatic carbocycles. The maximum Gasteiger partial charge on any atom is 0.336 e. The monoisotopic (exact) mass is 270 g/mol. The Hall–Kier alpha value is -1.16. The van der Waals surface area contributed by atoms with Gasteiger partial charge >= 0.3 is 5.97 Å². The van der Waals surface area contributed by atoms with Gasteiger partial charge in [0, 0.05) is 10.4 Å². The van der Waals surface area contributed by atoms with E-state index in [0.717, 1.165) is 10.8 Å². The molecule has 0 spiro atoms. The number of benzene rings is 1. The zero-order valence-electron chi connectivity index (χ0n) is 8.24. The molecule has 1 N–H and O–H groups in total. The number of hydrogen-bond acceptors (Lipinski definition) is 2. The number of rotatable bonds is 4. The van der Waals surface area contributed by atoms with Gasteiger partial charge in [-0.05, 0) is 24.1 Å². The molecule has 15 heavy (non-hydrogen) atoms. The van der Waals surface area contributed by atoms with Crippen molar-refractivity contribution in [3.63, 3.8) is 0 Å². The van der Waals surface area contributed by atoms with Crippen LogP contribution in [0.4, 0.5) is 0 Å². The van der Waals surface area contributed by atoms with E-state index in [0.29, 0.717) is 12.0 Å². The van der Waals surface area contributed by atoms with Crippen molar-refractivity contribution in [1.82, 2.24) is 0 Å². The summed E-state index contributed by atoms with van der Waals surface area (Å²) in [5.74, 6) is -1.13. The minimum atomic E-state index is -0.968. The Morgan fingerprint density at radius 1 is 1.60 bits per heavy atom. The molecule has 0 saturated carbocycles. The van der Waals surface area contributed by atoms with Crippen LogP contribution in [0, 0.1) is 5.92 Å². The molecule has 1 aromatic rings. The Kier molecular flexibility index (Phi) is 4.03. The molecule has 0 aromatic heterocycles. The molecule has 0 heterocycles. The van der Waals surface area contributed by atoms with Gasteiger partial charge in [-0.2, -0.15) is 0 Å². The third kappa shape index (κ3) is 3.16. The summed E-state index contributed by atoms with van der Waals surface area (Å²) >= 11 is 3.22. The summed E-state index contributed by atoms with van der Waals surface area (Å²) in [5, 5.41) is 8.97. The van der Waals surface area contributed by atoms with Crippen LogP contribution in [-0.2, 0) is 11.2 Å².